The number of halogens is 1. The van der Waals surface area contributed by atoms with Crippen molar-refractivity contribution in [3.05, 3.63) is 58.5 Å². The molecule has 1 fully saturated rings. The molecular formula is C19H21BrN2O4. The topological polar surface area (TPSA) is 82.8 Å². The lowest BCUT2D eigenvalue weighted by molar-refractivity contribution is -0.131. The monoisotopic (exact) mass is 420 g/mol. The van der Waals surface area contributed by atoms with Gasteiger partial charge >= 0.3 is 0 Å². The lowest BCUT2D eigenvalue weighted by atomic mass is 10.0. The van der Waals surface area contributed by atoms with Crippen LogP contribution in [0.3, 0.4) is 0 Å². The Morgan fingerprint density at radius 1 is 1.27 bits per heavy atom. The minimum atomic E-state index is -0.607. The summed E-state index contributed by atoms with van der Waals surface area (Å²) in [4.78, 5) is 26.2. The SMILES string of the molecule is O=C(NCC(=O)N1CCC[C@@H]1C[C@@H](O)c1ccccc1)c1ccc(Br)o1. The number of hydrogen-bond acceptors (Lipinski definition) is 4. The van der Waals surface area contributed by atoms with Crippen LogP contribution in [-0.4, -0.2) is 41.0 Å². The van der Waals surface area contributed by atoms with Gasteiger partial charge in [-0.05, 0) is 52.9 Å². The average molecular weight is 421 g/mol. The van der Waals surface area contributed by atoms with Crippen LogP contribution in [0, 0.1) is 0 Å². The third kappa shape index (κ3) is 4.53. The molecule has 2 amide bonds. The van der Waals surface area contributed by atoms with E-state index in [2.05, 4.69) is 21.2 Å². The van der Waals surface area contributed by atoms with Crippen molar-refractivity contribution < 1.29 is 19.1 Å². The van der Waals surface area contributed by atoms with Crippen molar-refractivity contribution in [2.75, 3.05) is 13.1 Å². The van der Waals surface area contributed by atoms with E-state index in [4.69, 9.17) is 4.42 Å². The number of likely N-dealkylation sites (tertiary alicyclic amines) is 1. The smallest absolute Gasteiger partial charge is 0.287 e. The largest absolute Gasteiger partial charge is 0.444 e. The molecule has 2 N–H and O–H groups in total. The molecule has 1 aromatic carbocycles. The zero-order valence-electron chi connectivity index (χ0n) is 14.2. The Morgan fingerprint density at radius 2 is 2.04 bits per heavy atom. The number of nitrogens with zero attached hydrogens (tertiary/aromatic N) is 1. The molecule has 0 saturated carbocycles. The Balaban J connectivity index is 1.54. The predicted octanol–water partition coefficient (Wildman–Crippen LogP) is 2.89. The van der Waals surface area contributed by atoms with Gasteiger partial charge in [-0.25, -0.2) is 0 Å². The van der Waals surface area contributed by atoms with Crippen molar-refractivity contribution >= 4 is 27.7 Å². The first-order chi connectivity index (χ1) is 12.5. The van der Waals surface area contributed by atoms with Gasteiger partial charge in [-0.3, -0.25) is 9.59 Å². The zero-order chi connectivity index (χ0) is 18.5. The first-order valence-corrected chi connectivity index (χ1v) is 9.40. The molecule has 2 atom stereocenters. The van der Waals surface area contributed by atoms with Gasteiger partial charge in [0.15, 0.2) is 10.4 Å². The van der Waals surface area contributed by atoms with Crippen LogP contribution in [0.15, 0.2) is 51.6 Å². The van der Waals surface area contributed by atoms with Crippen molar-refractivity contribution in [1.29, 1.82) is 0 Å². The number of carbonyl (C=O) groups excluding carboxylic acids is 2. The third-order valence-electron chi connectivity index (χ3n) is 4.57. The predicted molar refractivity (Wildman–Crippen MR) is 99.5 cm³/mol. The number of amides is 2. The number of furan rings is 1. The van der Waals surface area contributed by atoms with Gasteiger partial charge in [-0.1, -0.05) is 30.3 Å². The summed E-state index contributed by atoms with van der Waals surface area (Å²) in [7, 11) is 0. The van der Waals surface area contributed by atoms with Gasteiger partial charge in [0, 0.05) is 12.6 Å². The fourth-order valence-electron chi connectivity index (χ4n) is 3.26. The molecule has 7 heteroatoms. The maximum Gasteiger partial charge on any atom is 0.287 e. The van der Waals surface area contributed by atoms with Crippen molar-refractivity contribution in [3.63, 3.8) is 0 Å². The molecule has 1 aromatic heterocycles. The van der Waals surface area contributed by atoms with E-state index in [1.54, 1.807) is 17.0 Å². The molecule has 26 heavy (non-hydrogen) atoms. The van der Waals surface area contributed by atoms with Crippen LogP contribution in [0.5, 0.6) is 0 Å². The van der Waals surface area contributed by atoms with Crippen LogP contribution in [0.4, 0.5) is 0 Å². The highest BCUT2D eigenvalue weighted by molar-refractivity contribution is 9.10. The minimum Gasteiger partial charge on any atom is -0.444 e. The van der Waals surface area contributed by atoms with Gasteiger partial charge in [-0.2, -0.15) is 0 Å². The fraction of sp³-hybridized carbons (Fsp3) is 0.368. The second-order valence-electron chi connectivity index (χ2n) is 6.33. The minimum absolute atomic E-state index is 0.0210. The summed E-state index contributed by atoms with van der Waals surface area (Å²) >= 11 is 3.14. The van der Waals surface area contributed by atoms with Crippen LogP contribution in [0.1, 0.15) is 41.5 Å². The molecule has 138 valence electrons. The van der Waals surface area contributed by atoms with Crippen LogP contribution >= 0.6 is 15.9 Å². The Hall–Kier alpha value is -2.12. The lowest BCUT2D eigenvalue weighted by Gasteiger charge is -2.27. The van der Waals surface area contributed by atoms with E-state index in [9.17, 15) is 14.7 Å². The molecule has 0 bridgehead atoms. The summed E-state index contributed by atoms with van der Waals surface area (Å²) in [5.41, 5.74) is 0.850. The van der Waals surface area contributed by atoms with E-state index in [1.165, 1.54) is 0 Å². The second kappa shape index (κ2) is 8.51. The number of carbonyl (C=O) groups is 2. The fourth-order valence-corrected chi connectivity index (χ4v) is 3.57. The summed E-state index contributed by atoms with van der Waals surface area (Å²) < 4.78 is 5.63. The van der Waals surface area contributed by atoms with Gasteiger partial charge in [-0.15, -0.1) is 0 Å². The highest BCUT2D eigenvalue weighted by Gasteiger charge is 2.30. The van der Waals surface area contributed by atoms with Gasteiger partial charge in [0.25, 0.3) is 5.91 Å². The molecule has 0 unspecified atom stereocenters. The number of rotatable bonds is 6. The molecule has 0 radical (unpaired) electrons. The Kier molecular flexibility index (Phi) is 6.11. The molecule has 0 aliphatic carbocycles. The normalized spacial score (nSPS) is 17.9. The first kappa shape index (κ1) is 18.7. The number of hydrogen-bond donors (Lipinski definition) is 2. The molecule has 1 aliphatic heterocycles. The van der Waals surface area contributed by atoms with Crippen LogP contribution in [0.25, 0.3) is 0 Å². The zero-order valence-corrected chi connectivity index (χ0v) is 15.8. The highest BCUT2D eigenvalue weighted by atomic mass is 79.9. The molecule has 3 rings (SSSR count). The second-order valence-corrected chi connectivity index (χ2v) is 7.11. The van der Waals surface area contributed by atoms with Crippen LogP contribution in [-0.2, 0) is 4.79 Å². The maximum absolute atomic E-state index is 12.5. The van der Waals surface area contributed by atoms with Gasteiger partial charge in [0.2, 0.25) is 5.91 Å². The number of benzene rings is 1. The number of aliphatic hydroxyl groups is 1. The third-order valence-corrected chi connectivity index (χ3v) is 5.00. The standard InChI is InChI=1S/C19H21BrN2O4/c20-17-9-8-16(26-17)19(25)21-12-18(24)22-10-4-7-14(22)11-15(23)13-5-2-1-3-6-13/h1-3,5-6,8-9,14-15,23H,4,7,10-12H2,(H,21,25)/t14-,15-/m1/s1. The van der Waals surface area contributed by atoms with Crippen molar-refractivity contribution in [1.82, 2.24) is 10.2 Å². The Morgan fingerprint density at radius 3 is 2.73 bits per heavy atom. The van der Waals surface area contributed by atoms with Gasteiger partial charge in [0.1, 0.15) is 0 Å². The lowest BCUT2D eigenvalue weighted by Crippen LogP contribution is -2.43. The molecule has 2 aromatic rings. The summed E-state index contributed by atoms with van der Waals surface area (Å²) in [5.74, 6) is -0.419. The average Bonchev–Trinajstić information content (AvgIpc) is 3.29. The summed E-state index contributed by atoms with van der Waals surface area (Å²) in [6.45, 7) is 0.558. The first-order valence-electron chi connectivity index (χ1n) is 8.60. The van der Waals surface area contributed by atoms with E-state index in [0.717, 1.165) is 18.4 Å². The molecule has 0 spiro atoms. The Bertz CT molecular complexity index is 762. The maximum atomic E-state index is 12.5. The van der Waals surface area contributed by atoms with Gasteiger partial charge in [0.05, 0.1) is 12.6 Å². The van der Waals surface area contributed by atoms with Crippen LogP contribution < -0.4 is 5.32 Å². The summed E-state index contributed by atoms with van der Waals surface area (Å²) in [6, 6.07) is 12.6. The van der Waals surface area contributed by atoms with Crippen molar-refractivity contribution in [2.45, 2.75) is 31.4 Å². The molecule has 2 heterocycles. The van der Waals surface area contributed by atoms with E-state index in [-0.39, 0.29) is 24.3 Å². The molecule has 1 saturated heterocycles. The van der Waals surface area contributed by atoms with E-state index in [0.29, 0.717) is 17.6 Å². The number of aliphatic hydroxyl groups excluding tert-OH is 1. The van der Waals surface area contributed by atoms with Gasteiger partial charge < -0.3 is 19.7 Å². The summed E-state index contributed by atoms with van der Waals surface area (Å²) in [6.07, 6.45) is 1.64. The molecule has 6 nitrogen and oxygen atoms in total. The van der Waals surface area contributed by atoms with E-state index >= 15 is 0 Å². The van der Waals surface area contributed by atoms with E-state index in [1.807, 2.05) is 30.3 Å². The summed E-state index contributed by atoms with van der Waals surface area (Å²) in [5, 5.41) is 13.0. The Labute approximate surface area is 160 Å². The van der Waals surface area contributed by atoms with Crippen molar-refractivity contribution in [3.8, 4) is 0 Å². The molecular weight excluding hydrogens is 400 g/mol. The van der Waals surface area contributed by atoms with Crippen molar-refractivity contribution in [2.24, 2.45) is 0 Å². The van der Waals surface area contributed by atoms with E-state index < -0.39 is 12.0 Å². The quantitative estimate of drug-likeness (QED) is 0.752. The highest BCUT2D eigenvalue weighted by Crippen LogP contribution is 2.27. The van der Waals surface area contributed by atoms with Crippen LogP contribution in [0.2, 0.25) is 0 Å². The number of nitrogens with one attached hydrogen (secondary N) is 1. The molecule has 1 aliphatic rings.